The number of carbonyl (C=O) groups excluding carboxylic acids is 2. The summed E-state index contributed by atoms with van der Waals surface area (Å²) in [6, 6.07) is 13.8. The Kier molecular flexibility index (Phi) is 5.62. The molecule has 22 heavy (non-hydrogen) atoms. The second-order valence-corrected chi connectivity index (χ2v) is 4.48. The number of hydrogen-bond donors (Lipinski definition) is 2. The minimum absolute atomic E-state index is 0.184. The molecule has 0 unspecified atom stereocenters. The monoisotopic (exact) mass is 299 g/mol. The molecule has 0 aliphatic rings. The van der Waals surface area contributed by atoms with Crippen molar-refractivity contribution in [1.82, 2.24) is 10.3 Å². The number of carbonyl (C=O) groups is 2. The number of amides is 2. The van der Waals surface area contributed by atoms with Crippen molar-refractivity contribution in [2.24, 2.45) is 0 Å². The summed E-state index contributed by atoms with van der Waals surface area (Å²) >= 11 is 0. The number of nitrogens with zero attached hydrogens (tertiary/aromatic N) is 1. The molecule has 0 radical (unpaired) electrons. The minimum atomic E-state index is -0.363. The van der Waals surface area contributed by atoms with Crippen molar-refractivity contribution >= 4 is 17.5 Å². The van der Waals surface area contributed by atoms with Crippen molar-refractivity contribution in [3.05, 3.63) is 59.9 Å². The largest absolute Gasteiger partial charge is 0.383 e. The number of aromatic nitrogens is 1. The van der Waals surface area contributed by atoms with Gasteiger partial charge in [0, 0.05) is 19.3 Å². The molecule has 0 spiro atoms. The van der Waals surface area contributed by atoms with E-state index in [1.165, 1.54) is 0 Å². The van der Waals surface area contributed by atoms with Gasteiger partial charge in [-0.05, 0) is 24.3 Å². The number of methoxy groups -OCH3 is 1. The number of benzene rings is 1. The van der Waals surface area contributed by atoms with E-state index in [0.717, 1.165) is 0 Å². The van der Waals surface area contributed by atoms with Crippen LogP contribution >= 0.6 is 0 Å². The molecule has 0 aliphatic carbocycles. The van der Waals surface area contributed by atoms with E-state index in [1.54, 1.807) is 37.4 Å². The molecule has 0 atom stereocenters. The molecule has 6 heteroatoms. The van der Waals surface area contributed by atoms with Crippen molar-refractivity contribution in [2.75, 3.05) is 25.6 Å². The molecule has 6 nitrogen and oxygen atoms in total. The molecule has 2 amide bonds. The van der Waals surface area contributed by atoms with E-state index in [1.807, 2.05) is 18.2 Å². The number of pyridine rings is 1. The van der Waals surface area contributed by atoms with Gasteiger partial charge >= 0.3 is 0 Å². The van der Waals surface area contributed by atoms with E-state index in [0.29, 0.717) is 18.8 Å². The van der Waals surface area contributed by atoms with Gasteiger partial charge in [0.15, 0.2) is 0 Å². The van der Waals surface area contributed by atoms with Gasteiger partial charge in [-0.1, -0.05) is 24.3 Å². The van der Waals surface area contributed by atoms with Crippen LogP contribution in [0.2, 0.25) is 0 Å². The maximum Gasteiger partial charge on any atom is 0.274 e. The molecule has 114 valence electrons. The molecule has 1 aromatic heterocycles. The van der Waals surface area contributed by atoms with Crippen LogP contribution in [0, 0.1) is 0 Å². The standard InChI is InChI=1S/C16H17N3O3/c1-22-11-10-17-15(20)13-8-5-9-14(19-13)16(21)18-12-6-3-2-4-7-12/h2-9H,10-11H2,1H3,(H,17,20)(H,18,21). The van der Waals surface area contributed by atoms with Crippen LogP contribution in [0.15, 0.2) is 48.5 Å². The van der Waals surface area contributed by atoms with Gasteiger partial charge in [-0.2, -0.15) is 0 Å². The molecule has 0 aliphatic heterocycles. The molecule has 0 bridgehead atoms. The summed E-state index contributed by atoms with van der Waals surface area (Å²) in [6.45, 7) is 0.803. The van der Waals surface area contributed by atoms with E-state index in [4.69, 9.17) is 4.74 Å². The Morgan fingerprint density at radius 2 is 1.68 bits per heavy atom. The highest BCUT2D eigenvalue weighted by molar-refractivity contribution is 6.03. The van der Waals surface area contributed by atoms with Gasteiger partial charge in [0.05, 0.1) is 6.61 Å². The predicted molar refractivity (Wildman–Crippen MR) is 82.8 cm³/mol. The molecular weight excluding hydrogens is 282 g/mol. The highest BCUT2D eigenvalue weighted by Crippen LogP contribution is 2.08. The third-order valence-corrected chi connectivity index (χ3v) is 2.84. The lowest BCUT2D eigenvalue weighted by molar-refractivity contribution is 0.0932. The molecule has 1 aromatic carbocycles. The second-order valence-electron chi connectivity index (χ2n) is 4.48. The average molecular weight is 299 g/mol. The summed E-state index contributed by atoms with van der Waals surface area (Å²) in [6.07, 6.45) is 0. The van der Waals surface area contributed by atoms with Crippen LogP contribution in [0.25, 0.3) is 0 Å². The zero-order chi connectivity index (χ0) is 15.8. The Morgan fingerprint density at radius 3 is 2.36 bits per heavy atom. The second kappa shape index (κ2) is 7.90. The maximum atomic E-state index is 12.1. The first kappa shape index (κ1) is 15.7. The van der Waals surface area contributed by atoms with Crippen LogP contribution in [0.1, 0.15) is 21.0 Å². The molecule has 2 N–H and O–H groups in total. The van der Waals surface area contributed by atoms with E-state index >= 15 is 0 Å². The smallest absolute Gasteiger partial charge is 0.274 e. The Balaban J connectivity index is 2.04. The fourth-order valence-electron chi connectivity index (χ4n) is 1.76. The first-order valence-electron chi connectivity index (χ1n) is 6.81. The van der Waals surface area contributed by atoms with Crippen molar-refractivity contribution in [2.45, 2.75) is 0 Å². The van der Waals surface area contributed by atoms with Crippen molar-refractivity contribution < 1.29 is 14.3 Å². The number of rotatable bonds is 6. The summed E-state index contributed by atoms with van der Waals surface area (Å²) in [5, 5.41) is 5.38. The lowest BCUT2D eigenvalue weighted by Crippen LogP contribution is -2.28. The van der Waals surface area contributed by atoms with Gasteiger partial charge in [-0.15, -0.1) is 0 Å². The van der Waals surface area contributed by atoms with Gasteiger partial charge in [-0.25, -0.2) is 4.98 Å². The summed E-state index contributed by atoms with van der Waals surface area (Å²) in [7, 11) is 1.55. The SMILES string of the molecule is COCCNC(=O)c1cccc(C(=O)Nc2ccccc2)n1. The average Bonchev–Trinajstić information content (AvgIpc) is 2.56. The fraction of sp³-hybridized carbons (Fsp3) is 0.188. The van der Waals surface area contributed by atoms with Crippen LogP contribution in [0.5, 0.6) is 0 Å². The van der Waals surface area contributed by atoms with Gasteiger partial charge in [0.25, 0.3) is 11.8 Å². The lowest BCUT2D eigenvalue weighted by Gasteiger charge is -2.07. The molecule has 1 heterocycles. The molecule has 0 saturated heterocycles. The van der Waals surface area contributed by atoms with Crippen molar-refractivity contribution in [3.8, 4) is 0 Å². The topological polar surface area (TPSA) is 80.3 Å². The number of nitrogens with one attached hydrogen (secondary N) is 2. The molecule has 2 aromatic rings. The summed E-state index contributed by atoms with van der Waals surface area (Å²) in [5.74, 6) is -0.704. The number of hydrogen-bond acceptors (Lipinski definition) is 4. The Hall–Kier alpha value is -2.73. The van der Waals surface area contributed by atoms with Crippen molar-refractivity contribution in [1.29, 1.82) is 0 Å². The zero-order valence-corrected chi connectivity index (χ0v) is 12.2. The maximum absolute atomic E-state index is 12.1. The normalized spacial score (nSPS) is 10.0. The van der Waals surface area contributed by atoms with Crippen LogP contribution in [-0.4, -0.2) is 37.1 Å². The first-order chi connectivity index (χ1) is 10.7. The van der Waals surface area contributed by atoms with E-state index in [-0.39, 0.29) is 23.2 Å². The van der Waals surface area contributed by atoms with Crippen LogP contribution in [0.3, 0.4) is 0 Å². The summed E-state index contributed by atoms with van der Waals surface area (Å²) in [5.41, 5.74) is 1.05. The van der Waals surface area contributed by atoms with E-state index < -0.39 is 0 Å². The van der Waals surface area contributed by atoms with Crippen molar-refractivity contribution in [3.63, 3.8) is 0 Å². The minimum Gasteiger partial charge on any atom is -0.383 e. The van der Waals surface area contributed by atoms with Crippen LogP contribution < -0.4 is 10.6 Å². The molecule has 0 saturated carbocycles. The van der Waals surface area contributed by atoms with Crippen LogP contribution in [0.4, 0.5) is 5.69 Å². The van der Waals surface area contributed by atoms with Gasteiger partial charge in [0.1, 0.15) is 11.4 Å². The Morgan fingerprint density at radius 1 is 1.00 bits per heavy atom. The van der Waals surface area contributed by atoms with E-state index in [2.05, 4.69) is 15.6 Å². The van der Waals surface area contributed by atoms with Gasteiger partial charge < -0.3 is 15.4 Å². The third kappa shape index (κ3) is 4.39. The highest BCUT2D eigenvalue weighted by Gasteiger charge is 2.12. The van der Waals surface area contributed by atoms with Gasteiger partial charge in [0.2, 0.25) is 0 Å². The molecule has 0 fully saturated rings. The lowest BCUT2D eigenvalue weighted by atomic mass is 10.2. The summed E-state index contributed by atoms with van der Waals surface area (Å²) in [4.78, 5) is 28.1. The van der Waals surface area contributed by atoms with Crippen LogP contribution in [-0.2, 0) is 4.74 Å². The predicted octanol–water partition coefficient (Wildman–Crippen LogP) is 1.71. The number of ether oxygens (including phenoxy) is 1. The zero-order valence-electron chi connectivity index (χ0n) is 12.2. The van der Waals surface area contributed by atoms with Gasteiger partial charge in [-0.3, -0.25) is 9.59 Å². The molecule has 2 rings (SSSR count). The number of para-hydroxylation sites is 1. The molecular formula is C16H17N3O3. The Labute approximate surface area is 128 Å². The fourth-order valence-corrected chi connectivity index (χ4v) is 1.76. The highest BCUT2D eigenvalue weighted by atomic mass is 16.5. The third-order valence-electron chi connectivity index (χ3n) is 2.84. The summed E-state index contributed by atoms with van der Waals surface area (Å²) < 4.78 is 4.86. The quantitative estimate of drug-likeness (QED) is 0.796. The Bertz CT molecular complexity index is 644. The van der Waals surface area contributed by atoms with E-state index in [9.17, 15) is 9.59 Å². The first-order valence-corrected chi connectivity index (χ1v) is 6.81. The number of anilines is 1.